The van der Waals surface area contributed by atoms with Crippen LogP contribution in [0.25, 0.3) is 10.4 Å². The highest BCUT2D eigenvalue weighted by molar-refractivity contribution is 9.10. The van der Waals surface area contributed by atoms with Crippen LogP contribution in [0.5, 0.6) is 0 Å². The Kier molecular flexibility index (Phi) is 4.69. The number of benzene rings is 1. The second kappa shape index (κ2) is 6.07. The number of rotatable bonds is 2. The maximum atomic E-state index is 13.0. The van der Waals surface area contributed by atoms with Crippen LogP contribution in [0.2, 0.25) is 0 Å². The number of hydrogen-bond donors (Lipinski definition) is 0. The number of azide groups is 1. The molecule has 0 saturated carbocycles. The predicted molar refractivity (Wildman–Crippen MR) is 59.6 cm³/mol. The van der Waals surface area contributed by atoms with Crippen molar-refractivity contribution >= 4 is 15.9 Å². The van der Waals surface area contributed by atoms with Crippen LogP contribution in [0.4, 0.5) is 4.39 Å². The van der Waals surface area contributed by atoms with Crippen LogP contribution in [0.15, 0.2) is 27.8 Å². The van der Waals surface area contributed by atoms with Crippen LogP contribution >= 0.6 is 15.9 Å². The molecule has 15 heavy (non-hydrogen) atoms. The summed E-state index contributed by atoms with van der Waals surface area (Å²) in [5.74, 6) is 5.23. The molecular weight excluding hydrogens is 261 g/mol. The average Bonchev–Trinajstić information content (AvgIpc) is 2.23. The first-order valence-corrected chi connectivity index (χ1v) is 4.98. The molecule has 0 atom stereocenters. The smallest absolute Gasteiger partial charge is 0.138 e. The Morgan fingerprint density at radius 2 is 2.33 bits per heavy atom. The van der Waals surface area contributed by atoms with Gasteiger partial charge in [-0.15, -0.1) is 0 Å². The summed E-state index contributed by atoms with van der Waals surface area (Å²) in [5.41, 5.74) is 8.61. The van der Waals surface area contributed by atoms with Crippen molar-refractivity contribution in [1.82, 2.24) is 0 Å². The van der Waals surface area contributed by atoms with Crippen LogP contribution in [-0.2, 0) is 0 Å². The largest absolute Gasteiger partial charge is 0.206 e. The molecule has 3 nitrogen and oxygen atoms in total. The molecule has 1 aromatic rings. The van der Waals surface area contributed by atoms with E-state index in [-0.39, 0.29) is 5.82 Å². The lowest BCUT2D eigenvalue weighted by Gasteiger charge is -1.93. The van der Waals surface area contributed by atoms with Crippen molar-refractivity contribution in [2.24, 2.45) is 5.11 Å². The standard InChI is InChI=1S/C10H7BrFN3/c11-9-5-4-8(7-10(9)12)3-1-2-6-14-15-13/h4-5,7H,2,6H2. The van der Waals surface area contributed by atoms with Gasteiger partial charge in [-0.2, -0.15) is 0 Å². The van der Waals surface area contributed by atoms with Crippen LogP contribution in [0, 0.1) is 17.7 Å². The summed E-state index contributed by atoms with van der Waals surface area (Å²) in [6.45, 7) is 0.336. The predicted octanol–water partition coefficient (Wildman–Crippen LogP) is 3.64. The van der Waals surface area contributed by atoms with Crippen molar-refractivity contribution in [2.75, 3.05) is 6.54 Å². The lowest BCUT2D eigenvalue weighted by atomic mass is 10.2. The third kappa shape index (κ3) is 4.03. The molecule has 0 unspecified atom stereocenters. The summed E-state index contributed by atoms with van der Waals surface area (Å²) in [7, 11) is 0. The van der Waals surface area contributed by atoms with Crippen molar-refractivity contribution in [3.05, 3.63) is 44.5 Å². The Bertz CT molecular complexity index is 455. The minimum absolute atomic E-state index is 0.336. The fraction of sp³-hybridized carbons (Fsp3) is 0.200. The minimum Gasteiger partial charge on any atom is -0.206 e. The van der Waals surface area contributed by atoms with E-state index in [1.165, 1.54) is 6.07 Å². The highest BCUT2D eigenvalue weighted by Crippen LogP contribution is 2.15. The lowest BCUT2D eigenvalue weighted by molar-refractivity contribution is 0.620. The Balaban J connectivity index is 2.64. The van der Waals surface area contributed by atoms with E-state index in [1.54, 1.807) is 12.1 Å². The Morgan fingerprint density at radius 3 is 3.00 bits per heavy atom. The van der Waals surface area contributed by atoms with Crippen LogP contribution in [-0.4, -0.2) is 6.54 Å². The van der Waals surface area contributed by atoms with Crippen LogP contribution in [0.1, 0.15) is 12.0 Å². The molecule has 76 valence electrons. The van der Waals surface area contributed by atoms with E-state index in [0.717, 1.165) is 0 Å². The van der Waals surface area contributed by atoms with Gasteiger partial charge < -0.3 is 0 Å². The molecule has 0 radical (unpaired) electrons. The minimum atomic E-state index is -0.336. The highest BCUT2D eigenvalue weighted by Gasteiger charge is 1.97. The topological polar surface area (TPSA) is 48.8 Å². The monoisotopic (exact) mass is 267 g/mol. The molecule has 5 heteroatoms. The third-order valence-corrected chi connectivity index (χ3v) is 2.20. The quantitative estimate of drug-likeness (QED) is 0.258. The summed E-state index contributed by atoms with van der Waals surface area (Å²) in [6.07, 6.45) is 0.474. The van der Waals surface area contributed by atoms with Gasteiger partial charge in [0, 0.05) is 23.4 Å². The molecule has 0 aliphatic heterocycles. The molecule has 0 amide bonds. The molecule has 0 N–H and O–H groups in total. The molecule has 1 aromatic carbocycles. The van der Waals surface area contributed by atoms with E-state index >= 15 is 0 Å². The molecule has 0 aliphatic rings. The van der Waals surface area contributed by atoms with E-state index in [4.69, 9.17) is 5.53 Å². The highest BCUT2D eigenvalue weighted by atomic mass is 79.9. The Labute approximate surface area is 95.1 Å². The fourth-order valence-electron chi connectivity index (χ4n) is 0.889. The molecule has 1 rings (SSSR count). The van der Waals surface area contributed by atoms with E-state index in [0.29, 0.717) is 23.0 Å². The van der Waals surface area contributed by atoms with Gasteiger partial charge in [0.1, 0.15) is 5.82 Å². The maximum Gasteiger partial charge on any atom is 0.138 e. The van der Waals surface area contributed by atoms with Gasteiger partial charge in [0.15, 0.2) is 0 Å². The van der Waals surface area contributed by atoms with Gasteiger partial charge in [-0.05, 0) is 39.7 Å². The summed E-state index contributed by atoms with van der Waals surface area (Å²) < 4.78 is 13.4. The van der Waals surface area contributed by atoms with Crippen molar-refractivity contribution in [3.63, 3.8) is 0 Å². The summed E-state index contributed by atoms with van der Waals surface area (Å²) >= 11 is 3.05. The number of nitrogens with zero attached hydrogens (tertiary/aromatic N) is 3. The van der Waals surface area contributed by atoms with Gasteiger partial charge in [-0.3, -0.25) is 0 Å². The van der Waals surface area contributed by atoms with Gasteiger partial charge in [-0.25, -0.2) is 4.39 Å². The first kappa shape index (κ1) is 11.6. The summed E-state index contributed by atoms with van der Waals surface area (Å²) in [5, 5.41) is 3.33. The zero-order valence-electron chi connectivity index (χ0n) is 7.74. The van der Waals surface area contributed by atoms with Gasteiger partial charge in [0.25, 0.3) is 0 Å². The molecule has 0 heterocycles. The van der Waals surface area contributed by atoms with E-state index in [9.17, 15) is 4.39 Å². The Hall–Kier alpha value is -1.50. The fourth-order valence-corrected chi connectivity index (χ4v) is 1.14. The zero-order valence-corrected chi connectivity index (χ0v) is 9.33. The first-order chi connectivity index (χ1) is 7.24. The van der Waals surface area contributed by atoms with Crippen LogP contribution < -0.4 is 0 Å². The molecule has 0 spiro atoms. The zero-order chi connectivity index (χ0) is 11.1. The number of halogens is 2. The molecule has 0 aliphatic carbocycles. The SMILES string of the molecule is [N-]=[N+]=NCCC#Cc1ccc(Br)c(F)c1. The second-order valence-corrected chi connectivity index (χ2v) is 3.49. The molecule has 0 aromatic heterocycles. The average molecular weight is 268 g/mol. The van der Waals surface area contributed by atoms with Crippen LogP contribution in [0.3, 0.4) is 0 Å². The molecule has 0 saturated heterocycles. The third-order valence-electron chi connectivity index (χ3n) is 1.55. The van der Waals surface area contributed by atoms with Crippen molar-refractivity contribution < 1.29 is 4.39 Å². The van der Waals surface area contributed by atoms with Gasteiger partial charge in [0.05, 0.1) is 4.47 Å². The van der Waals surface area contributed by atoms with E-state index < -0.39 is 0 Å². The normalized spacial score (nSPS) is 8.67. The van der Waals surface area contributed by atoms with Gasteiger partial charge in [-0.1, -0.05) is 17.0 Å². The summed E-state index contributed by atoms with van der Waals surface area (Å²) in [6, 6.07) is 4.67. The first-order valence-electron chi connectivity index (χ1n) is 4.19. The molecule has 0 fully saturated rings. The van der Waals surface area contributed by atoms with Crippen molar-refractivity contribution in [1.29, 1.82) is 0 Å². The van der Waals surface area contributed by atoms with Gasteiger partial charge >= 0.3 is 0 Å². The molecular formula is C10H7BrFN3. The van der Waals surface area contributed by atoms with Crippen molar-refractivity contribution in [3.8, 4) is 11.8 Å². The summed E-state index contributed by atoms with van der Waals surface area (Å²) in [4.78, 5) is 2.60. The maximum absolute atomic E-state index is 13.0. The van der Waals surface area contributed by atoms with Crippen molar-refractivity contribution in [2.45, 2.75) is 6.42 Å². The van der Waals surface area contributed by atoms with E-state index in [1.807, 2.05) is 0 Å². The Morgan fingerprint density at radius 1 is 1.53 bits per heavy atom. The second-order valence-electron chi connectivity index (χ2n) is 2.64. The molecule has 0 bridgehead atoms. The van der Waals surface area contributed by atoms with E-state index in [2.05, 4.69) is 37.8 Å². The number of hydrogen-bond acceptors (Lipinski definition) is 1. The van der Waals surface area contributed by atoms with Gasteiger partial charge in [0.2, 0.25) is 0 Å². The lowest BCUT2D eigenvalue weighted by Crippen LogP contribution is -1.80.